The Kier molecular flexibility index (Phi) is 3.70. The highest BCUT2D eigenvalue weighted by molar-refractivity contribution is 6.31. The number of hydrogen-bond acceptors (Lipinski definition) is 2. The summed E-state index contributed by atoms with van der Waals surface area (Å²) in [5.41, 5.74) is 12.2. The number of aryl methyl sites for hydroxylation is 2. The van der Waals surface area contributed by atoms with Crippen molar-refractivity contribution in [3.05, 3.63) is 58.4 Å². The van der Waals surface area contributed by atoms with Gasteiger partial charge in [0.2, 0.25) is 0 Å². The molecule has 0 bridgehead atoms. The van der Waals surface area contributed by atoms with Gasteiger partial charge >= 0.3 is 0 Å². The molecule has 0 saturated carbocycles. The maximum Gasteiger partial charge on any atom is 0.137 e. The van der Waals surface area contributed by atoms with Gasteiger partial charge in [-0.3, -0.25) is 4.40 Å². The molecule has 3 aromatic rings. The molecule has 21 heavy (non-hydrogen) atoms. The molecule has 0 aliphatic rings. The lowest BCUT2D eigenvalue weighted by molar-refractivity contribution is 0.938. The molecule has 0 fully saturated rings. The lowest BCUT2D eigenvalue weighted by Crippen LogP contribution is -2.04. The van der Waals surface area contributed by atoms with E-state index in [0.29, 0.717) is 6.54 Å². The summed E-state index contributed by atoms with van der Waals surface area (Å²) < 4.78 is 2.19. The number of fused-ring (bicyclic) bond motifs is 1. The second-order valence-corrected chi connectivity index (χ2v) is 5.68. The van der Waals surface area contributed by atoms with Crippen LogP contribution in [0, 0.1) is 13.8 Å². The predicted molar refractivity (Wildman–Crippen MR) is 87.9 cm³/mol. The molecule has 108 valence electrons. The van der Waals surface area contributed by atoms with E-state index < -0.39 is 0 Å². The summed E-state index contributed by atoms with van der Waals surface area (Å²) in [7, 11) is 0. The molecule has 0 atom stereocenters. The molecule has 2 heterocycles. The Morgan fingerprint density at radius 1 is 1.19 bits per heavy atom. The monoisotopic (exact) mass is 299 g/mol. The van der Waals surface area contributed by atoms with Crippen molar-refractivity contribution < 1.29 is 0 Å². The summed E-state index contributed by atoms with van der Waals surface area (Å²) in [6.07, 6.45) is 0.762. The number of benzene rings is 1. The van der Waals surface area contributed by atoms with Crippen molar-refractivity contribution >= 4 is 17.2 Å². The van der Waals surface area contributed by atoms with Gasteiger partial charge in [0.05, 0.1) is 11.4 Å². The van der Waals surface area contributed by atoms with E-state index in [1.165, 1.54) is 0 Å². The summed E-state index contributed by atoms with van der Waals surface area (Å²) in [5.74, 6) is 0. The SMILES string of the molecule is Cc1cc(-c2c(CCN)nc3cccc(C)n23)ccc1Cl. The van der Waals surface area contributed by atoms with E-state index in [1.54, 1.807) is 0 Å². The lowest BCUT2D eigenvalue weighted by atomic mass is 10.1. The zero-order valence-electron chi connectivity index (χ0n) is 12.2. The molecule has 0 unspecified atom stereocenters. The maximum atomic E-state index is 6.15. The van der Waals surface area contributed by atoms with Crippen LogP contribution in [0.25, 0.3) is 16.9 Å². The quantitative estimate of drug-likeness (QED) is 0.800. The van der Waals surface area contributed by atoms with Gasteiger partial charge in [0, 0.05) is 22.7 Å². The van der Waals surface area contributed by atoms with Crippen molar-refractivity contribution in [2.45, 2.75) is 20.3 Å². The Morgan fingerprint density at radius 2 is 2.00 bits per heavy atom. The van der Waals surface area contributed by atoms with Crippen LogP contribution in [0.1, 0.15) is 17.0 Å². The fourth-order valence-corrected chi connectivity index (χ4v) is 2.82. The molecule has 2 aromatic heterocycles. The van der Waals surface area contributed by atoms with Gasteiger partial charge in [-0.05, 0) is 50.2 Å². The number of nitrogens with two attached hydrogens (primary N) is 1. The molecule has 0 radical (unpaired) electrons. The summed E-state index contributed by atoms with van der Waals surface area (Å²) in [6, 6.07) is 12.2. The van der Waals surface area contributed by atoms with Gasteiger partial charge in [0.1, 0.15) is 5.65 Å². The van der Waals surface area contributed by atoms with Gasteiger partial charge in [-0.1, -0.05) is 23.7 Å². The van der Waals surface area contributed by atoms with E-state index >= 15 is 0 Å². The Bertz CT molecular complexity index is 805. The molecule has 1 aromatic carbocycles. The molecule has 2 N–H and O–H groups in total. The van der Waals surface area contributed by atoms with Crippen molar-refractivity contribution in [2.75, 3.05) is 6.54 Å². The zero-order valence-corrected chi connectivity index (χ0v) is 13.0. The smallest absolute Gasteiger partial charge is 0.137 e. The Hall–Kier alpha value is -1.84. The Balaban J connectivity index is 2.32. The topological polar surface area (TPSA) is 43.3 Å². The third-order valence-electron chi connectivity index (χ3n) is 3.72. The van der Waals surface area contributed by atoms with Crippen molar-refractivity contribution in [1.29, 1.82) is 0 Å². The minimum absolute atomic E-state index is 0.586. The van der Waals surface area contributed by atoms with Gasteiger partial charge in [-0.15, -0.1) is 0 Å². The predicted octanol–water partition coefficient (Wildman–Crippen LogP) is 3.77. The van der Waals surface area contributed by atoms with Crippen molar-refractivity contribution in [1.82, 2.24) is 9.38 Å². The van der Waals surface area contributed by atoms with Crippen molar-refractivity contribution in [3.8, 4) is 11.3 Å². The van der Waals surface area contributed by atoms with E-state index in [9.17, 15) is 0 Å². The van der Waals surface area contributed by atoms with Crippen LogP contribution in [0.15, 0.2) is 36.4 Å². The van der Waals surface area contributed by atoms with Crippen molar-refractivity contribution in [2.24, 2.45) is 5.73 Å². The average molecular weight is 300 g/mol. The highest BCUT2D eigenvalue weighted by Crippen LogP contribution is 2.29. The second-order valence-electron chi connectivity index (χ2n) is 5.27. The molecule has 0 amide bonds. The standard InChI is InChI=1S/C17H18ClN3/c1-11-10-13(6-7-14(11)18)17-15(8-9-19)20-16-5-3-4-12(2)21(16)17/h3-7,10H,8-9,19H2,1-2H3. The summed E-state index contributed by atoms with van der Waals surface area (Å²) in [5, 5.41) is 0.782. The molecular formula is C17H18ClN3. The average Bonchev–Trinajstić information content (AvgIpc) is 2.82. The maximum absolute atomic E-state index is 6.15. The van der Waals surface area contributed by atoms with Crippen LogP contribution in [-0.2, 0) is 6.42 Å². The summed E-state index contributed by atoms with van der Waals surface area (Å²) in [6.45, 7) is 4.69. The molecule has 3 rings (SSSR count). The molecular weight excluding hydrogens is 282 g/mol. The van der Waals surface area contributed by atoms with E-state index in [1.807, 2.05) is 31.2 Å². The molecule has 0 spiro atoms. The largest absolute Gasteiger partial charge is 0.330 e. The number of imidazole rings is 1. The molecule has 0 aliphatic carbocycles. The molecule has 4 heteroatoms. The first-order valence-corrected chi connectivity index (χ1v) is 7.43. The second kappa shape index (κ2) is 5.51. The van der Waals surface area contributed by atoms with E-state index in [-0.39, 0.29) is 0 Å². The molecule has 3 nitrogen and oxygen atoms in total. The number of aromatic nitrogens is 2. The van der Waals surface area contributed by atoms with E-state index in [4.69, 9.17) is 22.3 Å². The van der Waals surface area contributed by atoms with Gasteiger partial charge in [0.25, 0.3) is 0 Å². The molecule has 0 saturated heterocycles. The number of hydrogen-bond donors (Lipinski definition) is 1. The van der Waals surface area contributed by atoms with E-state index in [2.05, 4.69) is 23.5 Å². The van der Waals surface area contributed by atoms with Crippen molar-refractivity contribution in [3.63, 3.8) is 0 Å². The number of rotatable bonds is 3. The third-order valence-corrected chi connectivity index (χ3v) is 4.15. The van der Waals surface area contributed by atoms with Gasteiger partial charge in [-0.2, -0.15) is 0 Å². The van der Waals surface area contributed by atoms with Crippen LogP contribution in [0.4, 0.5) is 0 Å². The fraction of sp³-hybridized carbons (Fsp3) is 0.235. The van der Waals surface area contributed by atoms with Crippen LogP contribution < -0.4 is 5.73 Å². The first-order chi connectivity index (χ1) is 10.1. The highest BCUT2D eigenvalue weighted by Gasteiger charge is 2.15. The molecule has 0 aliphatic heterocycles. The van der Waals surface area contributed by atoms with Crippen LogP contribution in [-0.4, -0.2) is 15.9 Å². The summed E-state index contributed by atoms with van der Waals surface area (Å²) >= 11 is 6.15. The number of nitrogens with zero attached hydrogens (tertiary/aromatic N) is 2. The van der Waals surface area contributed by atoms with Gasteiger partial charge in [-0.25, -0.2) is 4.98 Å². The number of halogens is 1. The fourth-order valence-electron chi connectivity index (χ4n) is 2.70. The zero-order chi connectivity index (χ0) is 15.0. The first-order valence-electron chi connectivity index (χ1n) is 7.05. The van der Waals surface area contributed by atoms with Crippen LogP contribution in [0.5, 0.6) is 0 Å². The number of pyridine rings is 1. The third kappa shape index (κ3) is 2.43. The van der Waals surface area contributed by atoms with Crippen LogP contribution in [0.2, 0.25) is 5.02 Å². The highest BCUT2D eigenvalue weighted by atomic mass is 35.5. The van der Waals surface area contributed by atoms with Crippen LogP contribution >= 0.6 is 11.6 Å². The lowest BCUT2D eigenvalue weighted by Gasteiger charge is -2.09. The van der Waals surface area contributed by atoms with Gasteiger partial charge < -0.3 is 5.73 Å². The van der Waals surface area contributed by atoms with Crippen LogP contribution in [0.3, 0.4) is 0 Å². The van der Waals surface area contributed by atoms with E-state index in [0.717, 1.165) is 45.3 Å². The minimum atomic E-state index is 0.586. The Morgan fingerprint density at radius 3 is 2.71 bits per heavy atom. The normalized spacial score (nSPS) is 11.2. The minimum Gasteiger partial charge on any atom is -0.330 e. The van der Waals surface area contributed by atoms with Gasteiger partial charge in [0.15, 0.2) is 0 Å². The first kappa shape index (κ1) is 14.1. The summed E-state index contributed by atoms with van der Waals surface area (Å²) in [4.78, 5) is 4.74. The Labute approximate surface area is 129 Å².